The monoisotopic (exact) mass is 451 g/mol. The van der Waals surface area contributed by atoms with E-state index in [0.717, 1.165) is 6.07 Å². The fourth-order valence-electron chi connectivity index (χ4n) is 3.09. The van der Waals surface area contributed by atoms with Gasteiger partial charge in [-0.25, -0.2) is 0 Å². The van der Waals surface area contributed by atoms with Crippen LogP contribution in [0.4, 0.5) is 13.2 Å². The summed E-state index contributed by atoms with van der Waals surface area (Å²) in [6.07, 6.45) is -4.07. The van der Waals surface area contributed by atoms with Crippen LogP contribution in [0.1, 0.15) is 34.1 Å². The van der Waals surface area contributed by atoms with E-state index in [0.29, 0.717) is 35.1 Å². The van der Waals surface area contributed by atoms with E-state index < -0.39 is 17.8 Å². The van der Waals surface area contributed by atoms with Crippen molar-refractivity contribution in [2.75, 3.05) is 13.3 Å². The number of furan rings is 1. The molecule has 1 N–H and O–H groups in total. The summed E-state index contributed by atoms with van der Waals surface area (Å²) in [5.74, 6) is 1.97. The number of amides is 1. The van der Waals surface area contributed by atoms with Gasteiger partial charge in [0.1, 0.15) is 18.1 Å². The molecule has 2 aromatic heterocycles. The number of fused-ring (bicyclic) bond motifs is 1. The SMILES string of the molecule is Cc1cc(C(F)(F)F)nn1CCCNC(=O)c1ccc(COc2ccc3c(c2)OCO3)o1. The molecule has 0 saturated carbocycles. The number of ether oxygens (including phenoxy) is 3. The number of hydrogen-bond donors (Lipinski definition) is 1. The molecule has 0 fully saturated rings. The molecule has 1 aliphatic rings. The molecule has 1 aromatic carbocycles. The van der Waals surface area contributed by atoms with Gasteiger partial charge in [0.2, 0.25) is 6.79 Å². The van der Waals surface area contributed by atoms with Crippen LogP contribution in [0.25, 0.3) is 0 Å². The van der Waals surface area contributed by atoms with E-state index in [9.17, 15) is 18.0 Å². The highest BCUT2D eigenvalue weighted by Gasteiger charge is 2.34. The van der Waals surface area contributed by atoms with Crippen LogP contribution in [0.2, 0.25) is 0 Å². The highest BCUT2D eigenvalue weighted by molar-refractivity contribution is 5.91. The van der Waals surface area contributed by atoms with Crippen molar-refractivity contribution in [2.24, 2.45) is 0 Å². The van der Waals surface area contributed by atoms with Crippen molar-refractivity contribution in [3.63, 3.8) is 0 Å². The summed E-state index contributed by atoms with van der Waals surface area (Å²) in [6.45, 7) is 2.34. The topological polar surface area (TPSA) is 87.8 Å². The molecule has 32 heavy (non-hydrogen) atoms. The molecule has 0 saturated heterocycles. The lowest BCUT2D eigenvalue weighted by molar-refractivity contribution is -0.141. The Kier molecular flexibility index (Phi) is 5.97. The van der Waals surface area contributed by atoms with Gasteiger partial charge in [-0.1, -0.05) is 0 Å². The quantitative estimate of drug-likeness (QED) is 0.522. The smallest absolute Gasteiger partial charge is 0.435 e. The van der Waals surface area contributed by atoms with Crippen LogP contribution in [0, 0.1) is 6.92 Å². The first kappa shape index (κ1) is 21.6. The molecule has 0 spiro atoms. The van der Waals surface area contributed by atoms with Gasteiger partial charge in [-0.05, 0) is 43.7 Å². The van der Waals surface area contributed by atoms with Gasteiger partial charge in [0.25, 0.3) is 5.91 Å². The third-order valence-corrected chi connectivity index (χ3v) is 4.71. The number of benzene rings is 1. The van der Waals surface area contributed by atoms with Gasteiger partial charge >= 0.3 is 6.18 Å². The van der Waals surface area contributed by atoms with Crippen LogP contribution in [-0.2, 0) is 19.3 Å². The Balaban J connectivity index is 1.22. The van der Waals surface area contributed by atoms with Crippen molar-refractivity contribution in [3.05, 3.63) is 59.3 Å². The van der Waals surface area contributed by atoms with Gasteiger partial charge in [-0.2, -0.15) is 18.3 Å². The predicted octanol–water partition coefficient (Wildman–Crippen LogP) is 3.93. The molecule has 4 rings (SSSR count). The number of aryl methyl sites for hydroxylation is 2. The standard InChI is InChI=1S/C21H20F3N3O5/c1-13-9-19(21(22,23)24)26-27(13)8-2-7-25-20(28)17-6-4-15(32-17)11-29-14-3-5-16-18(10-14)31-12-30-16/h3-6,9-10H,2,7-8,11-12H2,1H3,(H,25,28). The van der Waals surface area contributed by atoms with Crippen molar-refractivity contribution in [1.29, 1.82) is 0 Å². The van der Waals surface area contributed by atoms with E-state index in [2.05, 4.69) is 10.4 Å². The zero-order chi connectivity index (χ0) is 22.7. The van der Waals surface area contributed by atoms with Crippen LogP contribution in [0.15, 0.2) is 40.8 Å². The molecule has 0 unspecified atom stereocenters. The zero-order valence-electron chi connectivity index (χ0n) is 17.1. The summed E-state index contributed by atoms with van der Waals surface area (Å²) in [5.41, 5.74) is -0.521. The molecule has 3 heterocycles. The molecule has 3 aromatic rings. The Morgan fingerprint density at radius 1 is 1.19 bits per heavy atom. The van der Waals surface area contributed by atoms with Gasteiger partial charge in [0.15, 0.2) is 23.0 Å². The molecule has 1 aliphatic heterocycles. The zero-order valence-corrected chi connectivity index (χ0v) is 17.1. The van der Waals surface area contributed by atoms with E-state index >= 15 is 0 Å². The van der Waals surface area contributed by atoms with Crippen molar-refractivity contribution in [3.8, 4) is 17.2 Å². The number of nitrogens with one attached hydrogen (secondary N) is 1. The van der Waals surface area contributed by atoms with Gasteiger partial charge < -0.3 is 23.9 Å². The third kappa shape index (κ3) is 4.98. The van der Waals surface area contributed by atoms with Crippen molar-refractivity contribution in [1.82, 2.24) is 15.1 Å². The van der Waals surface area contributed by atoms with E-state index in [1.807, 2.05) is 0 Å². The second-order valence-electron chi connectivity index (χ2n) is 7.07. The Hall–Kier alpha value is -3.63. The van der Waals surface area contributed by atoms with E-state index in [-0.39, 0.29) is 32.2 Å². The minimum atomic E-state index is -4.48. The second-order valence-corrected chi connectivity index (χ2v) is 7.07. The van der Waals surface area contributed by atoms with Crippen LogP contribution in [-0.4, -0.2) is 29.0 Å². The highest BCUT2D eigenvalue weighted by Crippen LogP contribution is 2.35. The van der Waals surface area contributed by atoms with Gasteiger partial charge in [0, 0.05) is 24.8 Å². The van der Waals surface area contributed by atoms with Gasteiger partial charge in [-0.3, -0.25) is 9.48 Å². The molecule has 1 amide bonds. The number of alkyl halides is 3. The molecule has 0 radical (unpaired) electrons. The molecule has 0 aliphatic carbocycles. The molecular formula is C21H20F3N3O5. The summed E-state index contributed by atoms with van der Waals surface area (Å²) in [6, 6.07) is 9.34. The lowest BCUT2D eigenvalue weighted by Crippen LogP contribution is -2.25. The number of nitrogens with zero attached hydrogens (tertiary/aromatic N) is 2. The molecule has 11 heteroatoms. The number of carbonyl (C=O) groups excluding carboxylic acids is 1. The summed E-state index contributed by atoms with van der Waals surface area (Å²) in [4.78, 5) is 12.2. The molecule has 8 nitrogen and oxygen atoms in total. The number of aromatic nitrogens is 2. The average molecular weight is 451 g/mol. The fourth-order valence-corrected chi connectivity index (χ4v) is 3.09. The van der Waals surface area contributed by atoms with Crippen LogP contribution < -0.4 is 19.5 Å². The minimum absolute atomic E-state index is 0.115. The molecule has 0 atom stereocenters. The number of hydrogen-bond acceptors (Lipinski definition) is 6. The Morgan fingerprint density at radius 3 is 2.78 bits per heavy atom. The number of halogens is 3. The van der Waals surface area contributed by atoms with Crippen molar-refractivity contribution >= 4 is 5.91 Å². The maximum atomic E-state index is 12.7. The summed E-state index contributed by atoms with van der Waals surface area (Å²) < 4.78 is 61.1. The Labute approximate surface area is 180 Å². The predicted molar refractivity (Wildman–Crippen MR) is 105 cm³/mol. The first-order valence-electron chi connectivity index (χ1n) is 9.80. The van der Waals surface area contributed by atoms with Gasteiger partial charge in [0.05, 0.1) is 0 Å². The third-order valence-electron chi connectivity index (χ3n) is 4.71. The lowest BCUT2D eigenvalue weighted by atomic mass is 10.3. The van der Waals surface area contributed by atoms with Crippen LogP contribution >= 0.6 is 0 Å². The summed E-state index contributed by atoms with van der Waals surface area (Å²) in [5, 5.41) is 6.23. The average Bonchev–Trinajstić information content (AvgIpc) is 3.48. The second kappa shape index (κ2) is 8.85. The first-order valence-corrected chi connectivity index (χ1v) is 9.80. The van der Waals surface area contributed by atoms with E-state index in [1.54, 1.807) is 31.2 Å². The van der Waals surface area contributed by atoms with Gasteiger partial charge in [-0.15, -0.1) is 0 Å². The Morgan fingerprint density at radius 2 is 2.00 bits per heavy atom. The maximum absolute atomic E-state index is 12.7. The lowest BCUT2D eigenvalue weighted by Gasteiger charge is -2.06. The maximum Gasteiger partial charge on any atom is 0.435 e. The first-order chi connectivity index (χ1) is 15.3. The van der Waals surface area contributed by atoms with Crippen molar-refractivity contribution < 1.29 is 36.6 Å². The largest absolute Gasteiger partial charge is 0.486 e. The minimum Gasteiger partial charge on any atom is -0.486 e. The fraction of sp³-hybridized carbons (Fsp3) is 0.333. The summed E-state index contributed by atoms with van der Waals surface area (Å²) in [7, 11) is 0. The van der Waals surface area contributed by atoms with Crippen molar-refractivity contribution in [2.45, 2.75) is 32.7 Å². The molecule has 0 bridgehead atoms. The van der Waals surface area contributed by atoms with Crippen LogP contribution in [0.3, 0.4) is 0 Å². The Bertz CT molecular complexity index is 1110. The van der Waals surface area contributed by atoms with Crippen LogP contribution in [0.5, 0.6) is 17.2 Å². The van der Waals surface area contributed by atoms with E-state index in [1.165, 1.54) is 10.7 Å². The normalized spacial score (nSPS) is 12.8. The van der Waals surface area contributed by atoms with E-state index in [4.69, 9.17) is 18.6 Å². The molecular weight excluding hydrogens is 431 g/mol. The highest BCUT2D eigenvalue weighted by atomic mass is 19.4. The molecule has 170 valence electrons. The summed E-state index contributed by atoms with van der Waals surface area (Å²) >= 11 is 0. The number of rotatable bonds is 8. The number of carbonyl (C=O) groups is 1.